The Hall–Kier alpha value is -2.37. The lowest BCUT2D eigenvalue weighted by Gasteiger charge is -2.25. The first-order valence-corrected chi connectivity index (χ1v) is 10.8. The van der Waals surface area contributed by atoms with E-state index in [1.807, 2.05) is 19.9 Å². The molecule has 1 aromatic rings. The average molecular weight is 403 g/mol. The van der Waals surface area contributed by atoms with E-state index < -0.39 is 18.1 Å². The molecule has 1 saturated carbocycles. The van der Waals surface area contributed by atoms with Crippen molar-refractivity contribution in [2.24, 2.45) is 5.92 Å². The maximum atomic E-state index is 12.8. The first-order chi connectivity index (χ1) is 13.9. The number of carbonyl (C=O) groups is 3. The molecule has 0 aromatic heterocycles. The SMILES string of the molecule is CC[C@H](C)[C@H](NC(=O)c1ccccc1)C(=O)O[C@H](C)C(=O)NC1CCCCCC1. The zero-order valence-electron chi connectivity index (χ0n) is 17.8. The highest BCUT2D eigenvalue weighted by Crippen LogP contribution is 2.18. The first-order valence-electron chi connectivity index (χ1n) is 10.8. The third-order valence-corrected chi connectivity index (χ3v) is 5.65. The van der Waals surface area contributed by atoms with E-state index in [2.05, 4.69) is 10.6 Å². The van der Waals surface area contributed by atoms with Gasteiger partial charge in [0.2, 0.25) is 0 Å². The fraction of sp³-hybridized carbons (Fsp3) is 0.609. The Labute approximate surface area is 173 Å². The second-order valence-corrected chi connectivity index (χ2v) is 7.98. The monoisotopic (exact) mass is 402 g/mol. The lowest BCUT2D eigenvalue weighted by atomic mass is 9.98. The second kappa shape index (κ2) is 11.6. The zero-order chi connectivity index (χ0) is 21.2. The smallest absolute Gasteiger partial charge is 0.329 e. The van der Waals surface area contributed by atoms with Crippen molar-refractivity contribution in [1.82, 2.24) is 10.6 Å². The third kappa shape index (κ3) is 7.18. The minimum absolute atomic E-state index is 0.118. The molecule has 0 bridgehead atoms. The van der Waals surface area contributed by atoms with Gasteiger partial charge in [-0.25, -0.2) is 4.79 Å². The summed E-state index contributed by atoms with van der Waals surface area (Å²) >= 11 is 0. The molecule has 0 heterocycles. The van der Waals surface area contributed by atoms with Crippen molar-refractivity contribution < 1.29 is 19.1 Å². The summed E-state index contributed by atoms with van der Waals surface area (Å²) in [6, 6.07) is 8.09. The Balaban J connectivity index is 1.95. The summed E-state index contributed by atoms with van der Waals surface area (Å²) in [7, 11) is 0. The van der Waals surface area contributed by atoms with Gasteiger partial charge in [-0.3, -0.25) is 9.59 Å². The first kappa shape index (κ1) is 22.9. The van der Waals surface area contributed by atoms with E-state index in [1.54, 1.807) is 31.2 Å². The number of ether oxygens (including phenoxy) is 1. The summed E-state index contributed by atoms with van der Waals surface area (Å²) in [5.74, 6) is -1.30. The Bertz CT molecular complexity index is 669. The minimum atomic E-state index is -0.897. The van der Waals surface area contributed by atoms with Crippen molar-refractivity contribution >= 4 is 17.8 Å². The van der Waals surface area contributed by atoms with Gasteiger partial charge in [-0.1, -0.05) is 64.2 Å². The maximum absolute atomic E-state index is 12.8. The average Bonchev–Trinajstić information content (AvgIpc) is 3.00. The Kier molecular flexibility index (Phi) is 9.16. The van der Waals surface area contributed by atoms with Crippen LogP contribution < -0.4 is 10.6 Å². The van der Waals surface area contributed by atoms with Crippen molar-refractivity contribution in [3.8, 4) is 0 Å². The van der Waals surface area contributed by atoms with Crippen molar-refractivity contribution in [1.29, 1.82) is 0 Å². The fourth-order valence-electron chi connectivity index (χ4n) is 3.53. The molecule has 0 saturated heterocycles. The van der Waals surface area contributed by atoms with Gasteiger partial charge in [-0.15, -0.1) is 0 Å². The Morgan fingerprint density at radius 2 is 1.66 bits per heavy atom. The molecule has 2 amide bonds. The van der Waals surface area contributed by atoms with E-state index in [-0.39, 0.29) is 23.8 Å². The number of amides is 2. The van der Waals surface area contributed by atoms with Gasteiger partial charge in [0.25, 0.3) is 11.8 Å². The van der Waals surface area contributed by atoms with Crippen LogP contribution >= 0.6 is 0 Å². The second-order valence-electron chi connectivity index (χ2n) is 7.98. The number of nitrogens with one attached hydrogen (secondary N) is 2. The summed E-state index contributed by atoms with van der Waals surface area (Å²) in [5, 5.41) is 5.78. The molecular weight excluding hydrogens is 368 g/mol. The van der Waals surface area contributed by atoms with Gasteiger partial charge in [0.15, 0.2) is 6.10 Å². The Morgan fingerprint density at radius 1 is 1.03 bits per heavy atom. The highest BCUT2D eigenvalue weighted by atomic mass is 16.5. The normalized spacial score (nSPS) is 18.0. The summed E-state index contributed by atoms with van der Waals surface area (Å²) < 4.78 is 5.44. The topological polar surface area (TPSA) is 84.5 Å². The van der Waals surface area contributed by atoms with E-state index in [9.17, 15) is 14.4 Å². The van der Waals surface area contributed by atoms with Gasteiger partial charge in [-0.2, -0.15) is 0 Å². The standard InChI is InChI=1S/C23H34N2O4/c1-4-16(2)20(25-22(27)18-12-8-7-9-13-18)23(28)29-17(3)21(26)24-19-14-10-5-6-11-15-19/h7-9,12-13,16-17,19-20H,4-6,10-11,14-15H2,1-3H3,(H,24,26)(H,25,27)/t16-,17+,20-/m0/s1. The number of benzene rings is 1. The molecular formula is C23H34N2O4. The van der Waals surface area contributed by atoms with Crippen molar-refractivity contribution in [2.45, 2.75) is 83.9 Å². The van der Waals surface area contributed by atoms with Crippen LogP contribution in [0.15, 0.2) is 30.3 Å². The molecule has 0 aliphatic heterocycles. The highest BCUT2D eigenvalue weighted by Gasteiger charge is 2.31. The molecule has 29 heavy (non-hydrogen) atoms. The molecule has 160 valence electrons. The van der Waals surface area contributed by atoms with Crippen LogP contribution in [0.5, 0.6) is 0 Å². The minimum Gasteiger partial charge on any atom is -0.451 e. The molecule has 1 aromatic carbocycles. The molecule has 3 atom stereocenters. The quantitative estimate of drug-likeness (QED) is 0.514. The fourth-order valence-corrected chi connectivity index (χ4v) is 3.53. The molecule has 1 aliphatic rings. The van der Waals surface area contributed by atoms with Gasteiger partial charge >= 0.3 is 5.97 Å². The van der Waals surface area contributed by atoms with Crippen molar-refractivity contribution in [2.75, 3.05) is 0 Å². The molecule has 2 rings (SSSR count). The lowest BCUT2D eigenvalue weighted by Crippen LogP contribution is -2.49. The van der Waals surface area contributed by atoms with Crippen LogP contribution in [0, 0.1) is 5.92 Å². The van der Waals surface area contributed by atoms with E-state index in [0.717, 1.165) is 25.7 Å². The number of rotatable bonds is 8. The summed E-state index contributed by atoms with van der Waals surface area (Å²) in [6.45, 7) is 5.41. The number of hydrogen-bond acceptors (Lipinski definition) is 4. The molecule has 0 unspecified atom stereocenters. The zero-order valence-corrected chi connectivity index (χ0v) is 17.8. The molecule has 0 spiro atoms. The van der Waals surface area contributed by atoms with Gasteiger partial charge in [-0.05, 0) is 37.8 Å². The van der Waals surface area contributed by atoms with Gasteiger partial charge < -0.3 is 15.4 Å². The summed E-state index contributed by atoms with van der Waals surface area (Å²) in [5.41, 5.74) is 0.479. The maximum Gasteiger partial charge on any atom is 0.329 e. The molecule has 6 nitrogen and oxygen atoms in total. The van der Waals surface area contributed by atoms with Gasteiger partial charge in [0, 0.05) is 11.6 Å². The van der Waals surface area contributed by atoms with Crippen molar-refractivity contribution in [3.63, 3.8) is 0 Å². The predicted molar refractivity (Wildman–Crippen MR) is 112 cm³/mol. The number of hydrogen-bond donors (Lipinski definition) is 2. The van der Waals surface area contributed by atoms with Crippen LogP contribution in [0.3, 0.4) is 0 Å². The van der Waals surface area contributed by atoms with Gasteiger partial charge in [0.05, 0.1) is 0 Å². The van der Waals surface area contributed by atoms with Crippen LogP contribution in [0.4, 0.5) is 0 Å². The van der Waals surface area contributed by atoms with Crippen LogP contribution in [0.25, 0.3) is 0 Å². The molecule has 6 heteroatoms. The summed E-state index contributed by atoms with van der Waals surface area (Å²) in [4.78, 5) is 37.7. The van der Waals surface area contributed by atoms with Gasteiger partial charge in [0.1, 0.15) is 6.04 Å². The van der Waals surface area contributed by atoms with E-state index in [1.165, 1.54) is 12.8 Å². The predicted octanol–water partition coefficient (Wildman–Crippen LogP) is 3.60. The van der Waals surface area contributed by atoms with E-state index >= 15 is 0 Å². The number of carbonyl (C=O) groups excluding carboxylic acids is 3. The summed E-state index contributed by atoms with van der Waals surface area (Å²) in [6.07, 6.45) is 6.36. The lowest BCUT2D eigenvalue weighted by molar-refractivity contribution is -0.158. The van der Waals surface area contributed by atoms with Crippen molar-refractivity contribution in [3.05, 3.63) is 35.9 Å². The van der Waals surface area contributed by atoms with Crippen LogP contribution in [-0.4, -0.2) is 36.0 Å². The van der Waals surface area contributed by atoms with Crippen LogP contribution in [0.2, 0.25) is 0 Å². The molecule has 2 N–H and O–H groups in total. The highest BCUT2D eigenvalue weighted by molar-refractivity contribution is 5.97. The van der Waals surface area contributed by atoms with E-state index in [4.69, 9.17) is 4.74 Å². The van der Waals surface area contributed by atoms with E-state index in [0.29, 0.717) is 12.0 Å². The molecule has 1 aliphatic carbocycles. The third-order valence-electron chi connectivity index (χ3n) is 5.65. The Morgan fingerprint density at radius 3 is 2.24 bits per heavy atom. The van der Waals surface area contributed by atoms with Crippen LogP contribution in [-0.2, 0) is 14.3 Å². The van der Waals surface area contributed by atoms with Crippen LogP contribution in [0.1, 0.15) is 76.1 Å². The number of esters is 1. The molecule has 1 fully saturated rings. The largest absolute Gasteiger partial charge is 0.451 e. The molecule has 0 radical (unpaired) electrons.